The first-order valence-electron chi connectivity index (χ1n) is 5.75. The molecule has 0 atom stereocenters. The Morgan fingerprint density at radius 2 is 1.88 bits per heavy atom. The predicted molar refractivity (Wildman–Crippen MR) is 67.6 cm³/mol. The maximum Gasteiger partial charge on any atom is 0.144 e. The van der Waals surface area contributed by atoms with Crippen LogP contribution in [-0.4, -0.2) is 4.57 Å². The summed E-state index contributed by atoms with van der Waals surface area (Å²) in [5.41, 5.74) is 3.60. The maximum atomic E-state index is 5.88. The third kappa shape index (κ3) is 1.15. The van der Waals surface area contributed by atoms with E-state index in [9.17, 15) is 0 Å². The van der Waals surface area contributed by atoms with Gasteiger partial charge in [-0.25, -0.2) is 0 Å². The number of benzene rings is 2. The van der Waals surface area contributed by atoms with E-state index in [2.05, 4.69) is 47.2 Å². The Morgan fingerprint density at radius 1 is 0.941 bits per heavy atom. The van der Waals surface area contributed by atoms with Gasteiger partial charge in [0.1, 0.15) is 12.4 Å². The number of hydrogen-bond donors (Lipinski definition) is 0. The Balaban J connectivity index is 2.16. The van der Waals surface area contributed by atoms with E-state index in [1.807, 2.05) is 12.1 Å². The lowest BCUT2D eigenvalue weighted by atomic mass is 10.2. The molecular weight excluding hydrogens is 210 g/mol. The van der Waals surface area contributed by atoms with Crippen LogP contribution in [0.3, 0.4) is 0 Å². The molecule has 0 saturated heterocycles. The standard InChI is InChI=1S/C15H11NO/c1-2-6-13-12(4-1)10-17-14-7-3-5-11-8-9-16(13)15(11)14/h1-9H,10H2. The Hall–Kier alpha value is -2.22. The molecule has 2 aromatic carbocycles. The highest BCUT2D eigenvalue weighted by atomic mass is 16.5. The minimum absolute atomic E-state index is 0.636. The van der Waals surface area contributed by atoms with E-state index in [1.165, 1.54) is 16.6 Å². The third-order valence-corrected chi connectivity index (χ3v) is 3.31. The number of fused-ring (bicyclic) bond motifs is 2. The Morgan fingerprint density at radius 3 is 2.88 bits per heavy atom. The first-order valence-corrected chi connectivity index (χ1v) is 5.75. The highest BCUT2D eigenvalue weighted by Crippen LogP contribution is 2.33. The summed E-state index contributed by atoms with van der Waals surface area (Å²) in [7, 11) is 0. The van der Waals surface area contributed by atoms with Crippen LogP contribution in [0.4, 0.5) is 0 Å². The number of hydrogen-bond acceptors (Lipinski definition) is 1. The summed E-state index contributed by atoms with van der Waals surface area (Å²) in [6.07, 6.45) is 2.11. The van der Waals surface area contributed by atoms with Crippen LogP contribution in [0.2, 0.25) is 0 Å². The van der Waals surface area contributed by atoms with Gasteiger partial charge in [0.2, 0.25) is 0 Å². The molecule has 82 valence electrons. The number of para-hydroxylation sites is 2. The Bertz CT molecular complexity index is 712. The molecule has 0 aliphatic carbocycles. The van der Waals surface area contributed by atoms with Crippen LogP contribution in [0.5, 0.6) is 5.75 Å². The van der Waals surface area contributed by atoms with Gasteiger partial charge in [-0.2, -0.15) is 0 Å². The van der Waals surface area contributed by atoms with Crippen molar-refractivity contribution in [3.8, 4) is 11.4 Å². The average molecular weight is 221 g/mol. The van der Waals surface area contributed by atoms with E-state index in [-0.39, 0.29) is 0 Å². The summed E-state index contributed by atoms with van der Waals surface area (Å²) in [6.45, 7) is 0.636. The Labute approximate surface area is 99.1 Å². The molecule has 1 aliphatic rings. The fourth-order valence-electron chi connectivity index (χ4n) is 2.50. The zero-order chi connectivity index (χ0) is 11.2. The Kier molecular flexibility index (Phi) is 1.64. The largest absolute Gasteiger partial charge is 0.487 e. The van der Waals surface area contributed by atoms with Crippen LogP contribution in [0.1, 0.15) is 5.56 Å². The first-order chi connectivity index (χ1) is 8.43. The monoisotopic (exact) mass is 221 g/mol. The molecule has 0 N–H and O–H groups in total. The van der Waals surface area contributed by atoms with Gasteiger partial charge >= 0.3 is 0 Å². The molecule has 0 unspecified atom stereocenters. The van der Waals surface area contributed by atoms with E-state index >= 15 is 0 Å². The molecule has 4 rings (SSSR count). The average Bonchev–Trinajstić information content (AvgIpc) is 2.73. The lowest BCUT2D eigenvalue weighted by Gasteiger charge is -2.06. The molecule has 2 nitrogen and oxygen atoms in total. The lowest BCUT2D eigenvalue weighted by molar-refractivity contribution is 0.312. The van der Waals surface area contributed by atoms with Gasteiger partial charge in [0, 0.05) is 17.1 Å². The molecule has 0 bridgehead atoms. The second-order valence-electron chi connectivity index (χ2n) is 4.30. The van der Waals surface area contributed by atoms with Crippen LogP contribution in [0.15, 0.2) is 54.7 Å². The molecule has 17 heavy (non-hydrogen) atoms. The molecular formula is C15H11NO. The minimum Gasteiger partial charge on any atom is -0.487 e. The van der Waals surface area contributed by atoms with Crippen molar-refractivity contribution < 1.29 is 4.74 Å². The molecule has 2 heterocycles. The summed E-state index contributed by atoms with van der Waals surface area (Å²) in [6, 6.07) is 16.7. The number of rotatable bonds is 0. The van der Waals surface area contributed by atoms with Gasteiger partial charge in [-0.15, -0.1) is 0 Å². The predicted octanol–water partition coefficient (Wildman–Crippen LogP) is 3.52. The second kappa shape index (κ2) is 3.14. The number of ether oxygens (including phenoxy) is 1. The topological polar surface area (TPSA) is 14.2 Å². The lowest BCUT2D eigenvalue weighted by Crippen LogP contribution is -1.96. The number of nitrogens with zero attached hydrogens (tertiary/aromatic N) is 1. The van der Waals surface area contributed by atoms with Crippen molar-refractivity contribution in [2.45, 2.75) is 6.61 Å². The fraction of sp³-hybridized carbons (Fsp3) is 0.0667. The van der Waals surface area contributed by atoms with Gasteiger partial charge in [0.05, 0.1) is 11.2 Å². The highest BCUT2D eigenvalue weighted by Gasteiger charge is 2.15. The molecule has 1 aliphatic heterocycles. The summed E-state index contributed by atoms with van der Waals surface area (Å²) in [5, 5.41) is 1.22. The molecule has 0 spiro atoms. The molecule has 0 radical (unpaired) electrons. The van der Waals surface area contributed by atoms with Gasteiger partial charge in [-0.1, -0.05) is 30.3 Å². The molecule has 0 fully saturated rings. The van der Waals surface area contributed by atoms with Crippen molar-refractivity contribution in [1.82, 2.24) is 4.57 Å². The summed E-state index contributed by atoms with van der Waals surface area (Å²) in [5.74, 6) is 0.962. The quantitative estimate of drug-likeness (QED) is 0.566. The van der Waals surface area contributed by atoms with Crippen molar-refractivity contribution in [1.29, 1.82) is 0 Å². The zero-order valence-electron chi connectivity index (χ0n) is 9.26. The van der Waals surface area contributed by atoms with Crippen molar-refractivity contribution >= 4 is 10.9 Å². The van der Waals surface area contributed by atoms with Gasteiger partial charge in [0.15, 0.2) is 0 Å². The second-order valence-corrected chi connectivity index (χ2v) is 4.30. The summed E-state index contributed by atoms with van der Waals surface area (Å²) >= 11 is 0. The summed E-state index contributed by atoms with van der Waals surface area (Å²) in [4.78, 5) is 0. The van der Waals surface area contributed by atoms with Crippen LogP contribution in [0.25, 0.3) is 16.6 Å². The van der Waals surface area contributed by atoms with Crippen LogP contribution >= 0.6 is 0 Å². The van der Waals surface area contributed by atoms with E-state index in [0.717, 1.165) is 11.3 Å². The first kappa shape index (κ1) is 8.88. The minimum atomic E-state index is 0.636. The van der Waals surface area contributed by atoms with Crippen LogP contribution in [0, 0.1) is 0 Å². The van der Waals surface area contributed by atoms with E-state index in [1.54, 1.807) is 0 Å². The molecule has 0 amide bonds. The maximum absolute atomic E-state index is 5.88. The number of aromatic nitrogens is 1. The van der Waals surface area contributed by atoms with Crippen LogP contribution < -0.4 is 4.74 Å². The fourth-order valence-corrected chi connectivity index (χ4v) is 2.50. The van der Waals surface area contributed by atoms with Gasteiger partial charge in [-0.3, -0.25) is 0 Å². The van der Waals surface area contributed by atoms with Gasteiger partial charge in [-0.05, 0) is 18.2 Å². The van der Waals surface area contributed by atoms with Crippen molar-refractivity contribution in [2.24, 2.45) is 0 Å². The molecule has 0 saturated carbocycles. The zero-order valence-corrected chi connectivity index (χ0v) is 9.26. The van der Waals surface area contributed by atoms with E-state index < -0.39 is 0 Å². The SMILES string of the molecule is c1ccc2c(c1)COc1cccc3ccn-2c13. The molecule has 2 heteroatoms. The van der Waals surface area contributed by atoms with E-state index in [0.29, 0.717) is 6.61 Å². The smallest absolute Gasteiger partial charge is 0.144 e. The summed E-state index contributed by atoms with van der Waals surface area (Å²) < 4.78 is 8.10. The van der Waals surface area contributed by atoms with Gasteiger partial charge in [0.25, 0.3) is 0 Å². The third-order valence-electron chi connectivity index (χ3n) is 3.31. The van der Waals surface area contributed by atoms with Crippen LogP contribution in [-0.2, 0) is 6.61 Å². The molecule has 1 aromatic heterocycles. The van der Waals surface area contributed by atoms with Crippen molar-refractivity contribution in [3.63, 3.8) is 0 Å². The normalized spacial score (nSPS) is 12.9. The van der Waals surface area contributed by atoms with Gasteiger partial charge < -0.3 is 9.30 Å². The van der Waals surface area contributed by atoms with Crippen molar-refractivity contribution in [2.75, 3.05) is 0 Å². The highest BCUT2D eigenvalue weighted by molar-refractivity contribution is 5.88. The molecule has 3 aromatic rings. The van der Waals surface area contributed by atoms with Crippen molar-refractivity contribution in [3.05, 3.63) is 60.3 Å². The van der Waals surface area contributed by atoms with E-state index in [4.69, 9.17) is 4.74 Å².